The SMILES string of the molecule is Cc1ccc(NC(=O)CN2C(=O)CN(C)C(=O)c3ccccc32)cc1C. The summed E-state index contributed by atoms with van der Waals surface area (Å²) >= 11 is 0. The fourth-order valence-corrected chi connectivity index (χ4v) is 2.93. The lowest BCUT2D eigenvalue weighted by molar-refractivity contribution is -0.121. The van der Waals surface area contributed by atoms with Crippen LogP contribution in [0.4, 0.5) is 11.4 Å². The number of hydrogen-bond donors (Lipinski definition) is 1. The van der Waals surface area contributed by atoms with Crippen molar-refractivity contribution >= 4 is 29.1 Å². The van der Waals surface area contributed by atoms with Gasteiger partial charge in [0.2, 0.25) is 11.8 Å². The highest BCUT2D eigenvalue weighted by Gasteiger charge is 2.30. The number of carbonyl (C=O) groups excluding carboxylic acids is 3. The highest BCUT2D eigenvalue weighted by molar-refractivity contribution is 6.12. The molecular formula is C20H21N3O3. The largest absolute Gasteiger partial charge is 0.332 e. The van der Waals surface area contributed by atoms with Crippen LogP contribution in [0.5, 0.6) is 0 Å². The lowest BCUT2D eigenvalue weighted by Crippen LogP contribution is -2.41. The van der Waals surface area contributed by atoms with Crippen molar-refractivity contribution in [1.82, 2.24) is 4.90 Å². The molecule has 0 saturated heterocycles. The summed E-state index contributed by atoms with van der Waals surface area (Å²) < 4.78 is 0. The van der Waals surface area contributed by atoms with Crippen LogP contribution >= 0.6 is 0 Å². The zero-order valence-electron chi connectivity index (χ0n) is 15.1. The molecule has 1 aliphatic heterocycles. The fourth-order valence-electron chi connectivity index (χ4n) is 2.93. The van der Waals surface area contributed by atoms with Crippen LogP contribution in [0.15, 0.2) is 42.5 Å². The topological polar surface area (TPSA) is 69.7 Å². The van der Waals surface area contributed by atoms with Gasteiger partial charge >= 0.3 is 0 Å². The van der Waals surface area contributed by atoms with Gasteiger partial charge in [-0.3, -0.25) is 14.4 Å². The van der Waals surface area contributed by atoms with Gasteiger partial charge in [-0.15, -0.1) is 0 Å². The van der Waals surface area contributed by atoms with E-state index in [2.05, 4.69) is 5.32 Å². The molecule has 26 heavy (non-hydrogen) atoms. The average Bonchev–Trinajstić information content (AvgIpc) is 2.69. The summed E-state index contributed by atoms with van der Waals surface area (Å²) in [6, 6.07) is 12.5. The Hall–Kier alpha value is -3.15. The second-order valence-corrected chi connectivity index (χ2v) is 6.51. The maximum atomic E-state index is 12.6. The number of aryl methyl sites for hydroxylation is 2. The van der Waals surface area contributed by atoms with Crippen molar-refractivity contribution in [2.24, 2.45) is 0 Å². The molecule has 134 valence electrons. The number of anilines is 2. The van der Waals surface area contributed by atoms with Gasteiger partial charge in [-0.1, -0.05) is 18.2 Å². The normalized spacial score (nSPS) is 14.1. The van der Waals surface area contributed by atoms with E-state index in [9.17, 15) is 14.4 Å². The van der Waals surface area contributed by atoms with Crippen LogP contribution in [0.3, 0.4) is 0 Å². The summed E-state index contributed by atoms with van der Waals surface area (Å²) in [6.45, 7) is 3.76. The zero-order valence-corrected chi connectivity index (χ0v) is 15.1. The molecule has 0 radical (unpaired) electrons. The van der Waals surface area contributed by atoms with Gasteiger partial charge in [0.15, 0.2) is 0 Å². The predicted octanol–water partition coefficient (Wildman–Crippen LogP) is 2.36. The van der Waals surface area contributed by atoms with E-state index in [0.29, 0.717) is 16.9 Å². The van der Waals surface area contributed by atoms with E-state index in [1.807, 2.05) is 32.0 Å². The van der Waals surface area contributed by atoms with E-state index in [-0.39, 0.29) is 30.8 Å². The van der Waals surface area contributed by atoms with Gasteiger partial charge in [-0.05, 0) is 49.2 Å². The van der Waals surface area contributed by atoms with Gasteiger partial charge in [-0.2, -0.15) is 0 Å². The van der Waals surface area contributed by atoms with Gasteiger partial charge in [0.1, 0.15) is 13.1 Å². The van der Waals surface area contributed by atoms with Crippen LogP contribution in [0.25, 0.3) is 0 Å². The number of fused-ring (bicyclic) bond motifs is 1. The minimum Gasteiger partial charge on any atom is -0.332 e. The molecule has 3 rings (SSSR count). The summed E-state index contributed by atoms with van der Waals surface area (Å²) in [6.07, 6.45) is 0. The molecule has 0 aromatic heterocycles. The number of likely N-dealkylation sites (N-methyl/N-ethyl adjacent to an activating group) is 1. The first-order valence-corrected chi connectivity index (χ1v) is 8.39. The van der Waals surface area contributed by atoms with Crippen molar-refractivity contribution in [2.45, 2.75) is 13.8 Å². The Morgan fingerprint density at radius 2 is 1.81 bits per heavy atom. The van der Waals surface area contributed by atoms with E-state index < -0.39 is 0 Å². The summed E-state index contributed by atoms with van der Waals surface area (Å²) in [5, 5.41) is 2.82. The monoisotopic (exact) mass is 351 g/mol. The molecular weight excluding hydrogens is 330 g/mol. The van der Waals surface area contributed by atoms with Crippen LogP contribution in [-0.2, 0) is 9.59 Å². The number of benzene rings is 2. The first kappa shape index (κ1) is 17.7. The minimum absolute atomic E-state index is 0.0650. The zero-order chi connectivity index (χ0) is 18.8. The quantitative estimate of drug-likeness (QED) is 0.923. The Morgan fingerprint density at radius 3 is 2.54 bits per heavy atom. The Morgan fingerprint density at radius 1 is 1.08 bits per heavy atom. The first-order valence-electron chi connectivity index (χ1n) is 8.39. The Labute approximate surface area is 152 Å². The molecule has 0 aliphatic carbocycles. The Bertz CT molecular complexity index is 892. The Balaban J connectivity index is 1.84. The molecule has 0 bridgehead atoms. The molecule has 1 aliphatic rings. The van der Waals surface area contributed by atoms with Gasteiger partial charge in [0.05, 0.1) is 11.3 Å². The van der Waals surface area contributed by atoms with Crippen molar-refractivity contribution in [3.63, 3.8) is 0 Å². The van der Waals surface area contributed by atoms with Gasteiger partial charge in [-0.25, -0.2) is 0 Å². The van der Waals surface area contributed by atoms with Crippen LogP contribution in [0.1, 0.15) is 21.5 Å². The fraction of sp³-hybridized carbons (Fsp3) is 0.250. The van der Waals surface area contributed by atoms with Crippen molar-refractivity contribution in [3.8, 4) is 0 Å². The summed E-state index contributed by atoms with van der Waals surface area (Å²) in [5.74, 6) is -0.833. The molecule has 6 heteroatoms. The highest BCUT2D eigenvalue weighted by Crippen LogP contribution is 2.25. The van der Waals surface area contributed by atoms with E-state index in [0.717, 1.165) is 11.1 Å². The number of carbonyl (C=O) groups is 3. The van der Waals surface area contributed by atoms with Crippen LogP contribution < -0.4 is 10.2 Å². The van der Waals surface area contributed by atoms with Crippen LogP contribution in [0.2, 0.25) is 0 Å². The molecule has 0 fully saturated rings. The van der Waals surface area contributed by atoms with E-state index >= 15 is 0 Å². The second kappa shape index (κ2) is 7.00. The van der Waals surface area contributed by atoms with Gasteiger partial charge in [0.25, 0.3) is 5.91 Å². The number of para-hydroxylation sites is 1. The number of hydrogen-bond acceptors (Lipinski definition) is 3. The molecule has 1 N–H and O–H groups in total. The first-order chi connectivity index (χ1) is 12.4. The smallest absolute Gasteiger partial charge is 0.256 e. The highest BCUT2D eigenvalue weighted by atomic mass is 16.2. The number of amides is 3. The number of nitrogens with one attached hydrogen (secondary N) is 1. The maximum Gasteiger partial charge on any atom is 0.256 e. The number of rotatable bonds is 3. The van der Waals surface area contributed by atoms with Crippen molar-refractivity contribution in [2.75, 3.05) is 30.4 Å². The summed E-state index contributed by atoms with van der Waals surface area (Å²) in [5.41, 5.74) is 3.77. The van der Waals surface area contributed by atoms with E-state index in [1.54, 1.807) is 31.3 Å². The molecule has 0 atom stereocenters. The Kier molecular flexibility index (Phi) is 4.75. The van der Waals surface area contributed by atoms with Gasteiger partial charge in [0, 0.05) is 12.7 Å². The summed E-state index contributed by atoms with van der Waals surface area (Å²) in [7, 11) is 1.58. The van der Waals surface area contributed by atoms with Crippen LogP contribution in [0, 0.1) is 13.8 Å². The molecule has 2 aromatic rings. The number of nitrogens with zero attached hydrogens (tertiary/aromatic N) is 2. The third kappa shape index (κ3) is 3.44. The van der Waals surface area contributed by atoms with Crippen molar-refractivity contribution < 1.29 is 14.4 Å². The third-order valence-electron chi connectivity index (χ3n) is 4.54. The molecule has 6 nitrogen and oxygen atoms in total. The molecule has 0 spiro atoms. The predicted molar refractivity (Wildman–Crippen MR) is 100 cm³/mol. The average molecular weight is 351 g/mol. The molecule has 0 unspecified atom stereocenters. The van der Waals surface area contributed by atoms with Crippen LogP contribution in [-0.4, -0.2) is 42.8 Å². The van der Waals surface area contributed by atoms with E-state index in [1.165, 1.54) is 9.80 Å². The molecule has 0 saturated carbocycles. The minimum atomic E-state index is -0.312. The van der Waals surface area contributed by atoms with Crippen molar-refractivity contribution in [3.05, 3.63) is 59.2 Å². The van der Waals surface area contributed by atoms with Gasteiger partial charge < -0.3 is 15.1 Å². The lowest BCUT2D eigenvalue weighted by Gasteiger charge is -2.21. The lowest BCUT2D eigenvalue weighted by atomic mass is 10.1. The third-order valence-corrected chi connectivity index (χ3v) is 4.54. The molecule has 1 heterocycles. The maximum absolute atomic E-state index is 12.6. The van der Waals surface area contributed by atoms with Crippen molar-refractivity contribution in [1.29, 1.82) is 0 Å². The summed E-state index contributed by atoms with van der Waals surface area (Å²) in [4.78, 5) is 40.2. The molecule has 2 aromatic carbocycles. The standard InChI is InChI=1S/C20H21N3O3/c1-13-8-9-15(10-14(13)2)21-18(24)11-23-17-7-5-4-6-16(17)20(26)22(3)12-19(23)25/h4-10H,11-12H2,1-3H3,(H,21,24). The molecule has 3 amide bonds. The second-order valence-electron chi connectivity index (χ2n) is 6.51. The van der Waals surface area contributed by atoms with E-state index in [4.69, 9.17) is 0 Å².